The molecule has 0 saturated heterocycles. The van der Waals surface area contributed by atoms with Gasteiger partial charge in [-0.3, -0.25) is 9.79 Å². The van der Waals surface area contributed by atoms with Crippen LogP contribution < -0.4 is 5.73 Å². The molecular formula is C13H13ClN2OS. The Labute approximate surface area is 115 Å². The van der Waals surface area contributed by atoms with E-state index < -0.39 is 0 Å². The molecular weight excluding hydrogens is 268 g/mol. The second-order valence-corrected chi connectivity index (χ2v) is 5.55. The number of benzene rings is 1. The van der Waals surface area contributed by atoms with Crippen LogP contribution in [0.3, 0.4) is 0 Å². The predicted molar refractivity (Wildman–Crippen MR) is 77.7 cm³/mol. The first-order valence-corrected chi connectivity index (χ1v) is 6.73. The largest absolute Gasteiger partial charge is 0.301 e. The average molecular weight is 281 g/mol. The first-order valence-electron chi connectivity index (χ1n) is 5.47. The van der Waals surface area contributed by atoms with Gasteiger partial charge in [-0.15, -0.1) is 0 Å². The lowest BCUT2D eigenvalue weighted by atomic mass is 10.0. The average Bonchev–Trinajstić information content (AvgIpc) is 2.28. The maximum atomic E-state index is 11.7. The minimum Gasteiger partial charge on any atom is -0.301 e. The molecule has 0 fully saturated rings. The topological polar surface area (TPSA) is 55.5 Å². The molecule has 0 aliphatic carbocycles. The van der Waals surface area contributed by atoms with Crippen molar-refractivity contribution in [3.8, 4) is 0 Å². The molecule has 5 heteroatoms. The van der Waals surface area contributed by atoms with Crippen LogP contribution in [0.5, 0.6) is 0 Å². The van der Waals surface area contributed by atoms with E-state index in [2.05, 4.69) is 4.99 Å². The van der Waals surface area contributed by atoms with Crippen molar-refractivity contribution in [2.24, 2.45) is 10.7 Å². The zero-order valence-corrected chi connectivity index (χ0v) is 11.7. The van der Waals surface area contributed by atoms with E-state index in [1.165, 1.54) is 11.8 Å². The lowest BCUT2D eigenvalue weighted by molar-refractivity contribution is -0.113. The summed E-state index contributed by atoms with van der Waals surface area (Å²) in [7, 11) is 0. The van der Waals surface area contributed by atoms with E-state index >= 15 is 0 Å². The molecule has 1 aromatic rings. The third kappa shape index (κ3) is 2.66. The van der Waals surface area contributed by atoms with Gasteiger partial charge in [-0.05, 0) is 31.5 Å². The van der Waals surface area contributed by atoms with E-state index in [1.807, 2.05) is 19.1 Å². The Morgan fingerprint density at radius 2 is 2.00 bits per heavy atom. The molecule has 0 radical (unpaired) electrons. The number of carbonyl (C=O) groups is 1. The number of carbonyl (C=O) groups excluding carboxylic acids is 1. The van der Waals surface area contributed by atoms with Gasteiger partial charge in [0, 0.05) is 15.6 Å². The van der Waals surface area contributed by atoms with Crippen molar-refractivity contribution < 1.29 is 4.79 Å². The van der Waals surface area contributed by atoms with E-state index in [0.29, 0.717) is 16.3 Å². The quantitative estimate of drug-likeness (QED) is 0.906. The summed E-state index contributed by atoms with van der Waals surface area (Å²) in [6.07, 6.45) is 0. The zero-order valence-electron chi connectivity index (χ0n) is 10.1. The third-order valence-corrected chi connectivity index (χ3v) is 3.88. The van der Waals surface area contributed by atoms with Crippen LogP contribution in [-0.4, -0.2) is 17.0 Å². The molecule has 0 spiro atoms. The van der Waals surface area contributed by atoms with Crippen LogP contribution in [0, 0.1) is 0 Å². The third-order valence-electron chi connectivity index (χ3n) is 2.61. The summed E-state index contributed by atoms with van der Waals surface area (Å²) < 4.78 is 0. The molecule has 0 bridgehead atoms. The van der Waals surface area contributed by atoms with E-state index in [0.717, 1.165) is 10.5 Å². The fraction of sp³-hybridized carbons (Fsp3) is 0.231. The summed E-state index contributed by atoms with van der Waals surface area (Å²) in [5.74, 6) is 0.000556. The van der Waals surface area contributed by atoms with Crippen molar-refractivity contribution in [2.45, 2.75) is 19.3 Å². The van der Waals surface area contributed by atoms with E-state index in [9.17, 15) is 4.79 Å². The Kier molecular flexibility index (Phi) is 3.90. The maximum absolute atomic E-state index is 11.7. The van der Waals surface area contributed by atoms with Gasteiger partial charge in [0.1, 0.15) is 5.50 Å². The molecule has 1 unspecified atom stereocenters. The van der Waals surface area contributed by atoms with Gasteiger partial charge in [0.05, 0.1) is 5.57 Å². The zero-order chi connectivity index (χ0) is 13.3. The van der Waals surface area contributed by atoms with Crippen molar-refractivity contribution in [1.82, 2.24) is 0 Å². The number of halogens is 1. The van der Waals surface area contributed by atoms with Crippen molar-refractivity contribution >= 4 is 39.8 Å². The molecule has 1 aliphatic heterocycles. The Hall–Kier alpha value is -1.10. The molecule has 0 amide bonds. The molecule has 1 aromatic carbocycles. The Bertz CT molecular complexity index is 549. The minimum atomic E-state index is -0.362. The number of allylic oxidation sites excluding steroid dienone is 1. The van der Waals surface area contributed by atoms with Crippen molar-refractivity contribution in [3.05, 3.63) is 40.4 Å². The fourth-order valence-corrected chi connectivity index (χ4v) is 3.11. The summed E-state index contributed by atoms with van der Waals surface area (Å²) in [4.78, 5) is 16.9. The Morgan fingerprint density at radius 1 is 1.39 bits per heavy atom. The smallest absolute Gasteiger partial charge is 0.162 e. The van der Waals surface area contributed by atoms with Crippen LogP contribution in [0.15, 0.2) is 34.8 Å². The van der Waals surface area contributed by atoms with Crippen LogP contribution >= 0.6 is 23.4 Å². The lowest BCUT2D eigenvalue weighted by Crippen LogP contribution is -2.22. The number of nitrogens with zero attached hydrogens (tertiary/aromatic N) is 1. The van der Waals surface area contributed by atoms with Crippen LogP contribution in [0.2, 0.25) is 5.02 Å². The number of rotatable bonds is 2. The number of nitrogens with two attached hydrogens (primary N) is 1. The van der Waals surface area contributed by atoms with Gasteiger partial charge >= 0.3 is 0 Å². The van der Waals surface area contributed by atoms with E-state index in [-0.39, 0.29) is 11.3 Å². The molecule has 0 aromatic heterocycles. The van der Waals surface area contributed by atoms with Crippen molar-refractivity contribution in [2.75, 3.05) is 0 Å². The number of Topliss-reactive ketones (excluding diaryl/α,β-unsaturated/α-hetero) is 1. The number of thioether (sulfide) groups is 1. The second-order valence-electron chi connectivity index (χ2n) is 3.99. The summed E-state index contributed by atoms with van der Waals surface area (Å²) in [6.45, 7) is 3.36. The highest BCUT2D eigenvalue weighted by Gasteiger charge is 2.23. The Morgan fingerprint density at radius 3 is 2.56 bits per heavy atom. The standard InChI is InChI=1S/C13H13ClN2OS/c1-7-11(8(2)17)12(18-13(15)16-7)9-3-5-10(14)6-4-9/h3-6,13H,15H2,1-2H3. The summed E-state index contributed by atoms with van der Waals surface area (Å²) in [5.41, 5.74) is 7.77. The highest BCUT2D eigenvalue weighted by Crippen LogP contribution is 2.37. The highest BCUT2D eigenvalue weighted by molar-refractivity contribution is 8.09. The maximum Gasteiger partial charge on any atom is 0.162 e. The number of hydrogen-bond donors (Lipinski definition) is 1. The molecule has 1 atom stereocenters. The number of hydrogen-bond acceptors (Lipinski definition) is 4. The Balaban J connectivity index is 2.56. The first-order chi connectivity index (χ1) is 8.49. The predicted octanol–water partition coefficient (Wildman–Crippen LogP) is 3.09. The molecule has 2 rings (SSSR count). The van der Waals surface area contributed by atoms with Gasteiger partial charge in [-0.25, -0.2) is 0 Å². The normalized spacial score (nSPS) is 19.8. The van der Waals surface area contributed by atoms with Crippen LogP contribution in [-0.2, 0) is 4.79 Å². The number of aliphatic imine (C=N–C) groups is 1. The van der Waals surface area contributed by atoms with Gasteiger partial charge in [0.15, 0.2) is 5.78 Å². The number of ketones is 1. The van der Waals surface area contributed by atoms with Crippen LogP contribution in [0.25, 0.3) is 4.91 Å². The molecule has 1 aliphatic rings. The van der Waals surface area contributed by atoms with Crippen molar-refractivity contribution in [1.29, 1.82) is 0 Å². The first kappa shape index (κ1) is 13.3. The summed E-state index contributed by atoms with van der Waals surface area (Å²) >= 11 is 7.26. The minimum absolute atomic E-state index is 0.000556. The van der Waals surface area contributed by atoms with Gasteiger partial charge in [-0.1, -0.05) is 35.5 Å². The molecule has 2 N–H and O–H groups in total. The fourth-order valence-electron chi connectivity index (χ4n) is 1.85. The molecule has 94 valence electrons. The molecule has 3 nitrogen and oxygen atoms in total. The molecule has 0 saturated carbocycles. The second kappa shape index (κ2) is 5.26. The summed E-state index contributed by atoms with van der Waals surface area (Å²) in [6, 6.07) is 7.38. The van der Waals surface area contributed by atoms with Crippen molar-refractivity contribution in [3.63, 3.8) is 0 Å². The van der Waals surface area contributed by atoms with Crippen LogP contribution in [0.1, 0.15) is 19.4 Å². The molecule has 18 heavy (non-hydrogen) atoms. The lowest BCUT2D eigenvalue weighted by Gasteiger charge is -2.21. The summed E-state index contributed by atoms with van der Waals surface area (Å²) in [5, 5.41) is 0.666. The monoisotopic (exact) mass is 280 g/mol. The van der Waals surface area contributed by atoms with Gasteiger partial charge in [-0.2, -0.15) is 0 Å². The van der Waals surface area contributed by atoms with Gasteiger partial charge in [0.2, 0.25) is 0 Å². The highest BCUT2D eigenvalue weighted by atomic mass is 35.5. The van der Waals surface area contributed by atoms with E-state index in [4.69, 9.17) is 17.3 Å². The van der Waals surface area contributed by atoms with Gasteiger partial charge in [0.25, 0.3) is 0 Å². The van der Waals surface area contributed by atoms with Gasteiger partial charge < -0.3 is 5.73 Å². The van der Waals surface area contributed by atoms with E-state index in [1.54, 1.807) is 19.1 Å². The van der Waals surface area contributed by atoms with Crippen LogP contribution in [0.4, 0.5) is 0 Å². The SMILES string of the molecule is CC(=O)C1=C(c2ccc(Cl)cc2)SC(N)N=C1C. The molecule has 1 heterocycles.